The molecule has 7 heteroatoms. The van der Waals surface area contributed by atoms with Crippen molar-refractivity contribution in [3.05, 3.63) is 41.7 Å². The number of nitrogens with one attached hydrogen (secondary N) is 1. The molecule has 2 rings (SSSR count). The summed E-state index contributed by atoms with van der Waals surface area (Å²) in [4.78, 5) is 26.7. The van der Waals surface area contributed by atoms with Gasteiger partial charge in [-0.15, -0.1) is 0 Å². The fourth-order valence-electron chi connectivity index (χ4n) is 2.52. The van der Waals surface area contributed by atoms with E-state index in [1.807, 2.05) is 0 Å². The van der Waals surface area contributed by atoms with E-state index in [2.05, 4.69) is 17.4 Å². The average Bonchev–Trinajstić information content (AvgIpc) is 3.05. The molecule has 0 aliphatic carbocycles. The van der Waals surface area contributed by atoms with E-state index < -0.39 is 0 Å². The number of ether oxygens (including phenoxy) is 1. The maximum atomic E-state index is 12.9. The molecule has 0 spiro atoms. The Morgan fingerprint density at radius 1 is 1.27 bits per heavy atom. The van der Waals surface area contributed by atoms with Gasteiger partial charge in [0.1, 0.15) is 18.1 Å². The van der Waals surface area contributed by atoms with Crippen LogP contribution in [0.2, 0.25) is 0 Å². The van der Waals surface area contributed by atoms with Crippen molar-refractivity contribution in [2.45, 2.75) is 33.1 Å². The molecule has 0 fully saturated rings. The Morgan fingerprint density at radius 2 is 2.08 bits per heavy atom. The lowest BCUT2D eigenvalue weighted by Crippen LogP contribution is -2.38. The summed E-state index contributed by atoms with van der Waals surface area (Å²) in [5, 5.41) is 6.39. The molecular weight excluding hydrogens is 334 g/mol. The number of methoxy groups -OCH3 is 1. The van der Waals surface area contributed by atoms with E-state index >= 15 is 0 Å². The molecule has 0 saturated heterocycles. The van der Waals surface area contributed by atoms with Crippen LogP contribution in [0.4, 0.5) is 5.82 Å². The normalized spacial score (nSPS) is 10.4. The number of aromatic nitrogens is 1. The van der Waals surface area contributed by atoms with Crippen molar-refractivity contribution < 1.29 is 18.8 Å². The van der Waals surface area contributed by atoms with Crippen molar-refractivity contribution in [2.75, 3.05) is 25.5 Å². The quantitative estimate of drug-likeness (QED) is 0.695. The summed E-state index contributed by atoms with van der Waals surface area (Å²) in [6, 6.07) is 8.56. The molecule has 2 aromatic rings. The molecule has 26 heavy (non-hydrogen) atoms. The van der Waals surface area contributed by atoms with Gasteiger partial charge in [-0.05, 0) is 31.5 Å². The zero-order chi connectivity index (χ0) is 18.9. The highest BCUT2D eigenvalue weighted by molar-refractivity contribution is 5.99. The predicted molar refractivity (Wildman–Crippen MR) is 98.3 cm³/mol. The topological polar surface area (TPSA) is 84.7 Å². The van der Waals surface area contributed by atoms with Gasteiger partial charge in [0.15, 0.2) is 5.82 Å². The van der Waals surface area contributed by atoms with Gasteiger partial charge in [-0.1, -0.05) is 31.0 Å². The predicted octanol–water partition coefficient (Wildman–Crippen LogP) is 3.26. The molecule has 0 radical (unpaired) electrons. The van der Waals surface area contributed by atoms with Crippen LogP contribution < -0.4 is 10.1 Å². The summed E-state index contributed by atoms with van der Waals surface area (Å²) in [7, 11) is 1.55. The Labute approximate surface area is 153 Å². The summed E-state index contributed by atoms with van der Waals surface area (Å²) in [6.45, 7) is 4.29. The van der Waals surface area contributed by atoms with Gasteiger partial charge in [0.2, 0.25) is 5.91 Å². The minimum Gasteiger partial charge on any atom is -0.497 e. The minimum atomic E-state index is -0.314. The third kappa shape index (κ3) is 5.61. The number of anilines is 1. The average molecular weight is 359 g/mol. The maximum absolute atomic E-state index is 12.9. The van der Waals surface area contributed by atoms with Crippen LogP contribution in [0.1, 0.15) is 42.3 Å². The van der Waals surface area contributed by atoms with E-state index in [9.17, 15) is 9.59 Å². The smallest absolute Gasteiger partial charge is 0.254 e. The standard InChI is InChI=1S/C19H25N3O4/c1-4-5-6-10-22(13-18(23)20-17-11-14(2)26-21-17)19(24)15-8-7-9-16(12-15)25-3/h7-9,11-12H,4-6,10,13H2,1-3H3,(H,20,21,23). The second-order valence-corrected chi connectivity index (χ2v) is 6.04. The second-order valence-electron chi connectivity index (χ2n) is 6.04. The fourth-order valence-corrected chi connectivity index (χ4v) is 2.52. The lowest BCUT2D eigenvalue weighted by molar-refractivity contribution is -0.117. The van der Waals surface area contributed by atoms with Crippen LogP contribution in [-0.2, 0) is 4.79 Å². The Balaban J connectivity index is 2.08. The molecule has 1 aromatic carbocycles. The number of amides is 2. The molecule has 0 aliphatic rings. The summed E-state index contributed by atoms with van der Waals surface area (Å²) in [5.41, 5.74) is 0.492. The lowest BCUT2D eigenvalue weighted by atomic mass is 10.1. The summed E-state index contributed by atoms with van der Waals surface area (Å²) in [6.07, 6.45) is 2.86. The van der Waals surface area contributed by atoms with Crippen LogP contribution >= 0.6 is 0 Å². The third-order valence-electron chi connectivity index (χ3n) is 3.87. The van der Waals surface area contributed by atoms with Crippen molar-refractivity contribution in [1.82, 2.24) is 10.1 Å². The van der Waals surface area contributed by atoms with E-state index in [-0.39, 0.29) is 18.4 Å². The number of hydrogen-bond donors (Lipinski definition) is 1. The monoisotopic (exact) mass is 359 g/mol. The van der Waals surface area contributed by atoms with Gasteiger partial charge < -0.3 is 19.5 Å². The molecular formula is C19H25N3O4. The molecule has 1 heterocycles. The lowest BCUT2D eigenvalue weighted by Gasteiger charge is -2.22. The number of unbranched alkanes of at least 4 members (excludes halogenated alkanes) is 2. The molecule has 0 aliphatic heterocycles. The van der Waals surface area contributed by atoms with Crippen molar-refractivity contribution in [3.63, 3.8) is 0 Å². The van der Waals surface area contributed by atoms with Crippen LogP contribution in [0.15, 0.2) is 34.9 Å². The highest BCUT2D eigenvalue weighted by Crippen LogP contribution is 2.15. The van der Waals surface area contributed by atoms with Crippen molar-refractivity contribution in [2.24, 2.45) is 0 Å². The van der Waals surface area contributed by atoms with E-state index in [4.69, 9.17) is 9.26 Å². The van der Waals surface area contributed by atoms with Crippen LogP contribution in [0.25, 0.3) is 0 Å². The van der Waals surface area contributed by atoms with Gasteiger partial charge in [-0.25, -0.2) is 0 Å². The number of rotatable bonds is 9. The number of carbonyl (C=O) groups is 2. The van der Waals surface area contributed by atoms with E-state index in [0.29, 0.717) is 29.4 Å². The first-order chi connectivity index (χ1) is 12.5. The number of hydrogen-bond acceptors (Lipinski definition) is 5. The molecule has 1 aromatic heterocycles. The summed E-state index contributed by atoms with van der Waals surface area (Å²) in [5.74, 6) is 1.03. The van der Waals surface area contributed by atoms with Crippen molar-refractivity contribution in [3.8, 4) is 5.75 Å². The number of carbonyl (C=O) groups excluding carboxylic acids is 2. The zero-order valence-electron chi connectivity index (χ0n) is 15.4. The first kappa shape index (κ1) is 19.5. The summed E-state index contributed by atoms with van der Waals surface area (Å²) < 4.78 is 10.1. The first-order valence-electron chi connectivity index (χ1n) is 8.70. The molecule has 140 valence electrons. The van der Waals surface area contributed by atoms with Crippen LogP contribution in [0.5, 0.6) is 5.75 Å². The maximum Gasteiger partial charge on any atom is 0.254 e. The fraction of sp³-hybridized carbons (Fsp3) is 0.421. The summed E-state index contributed by atoms with van der Waals surface area (Å²) >= 11 is 0. The Hall–Kier alpha value is -2.83. The highest BCUT2D eigenvalue weighted by atomic mass is 16.5. The van der Waals surface area contributed by atoms with Gasteiger partial charge in [0.25, 0.3) is 5.91 Å². The van der Waals surface area contributed by atoms with Crippen LogP contribution in [0.3, 0.4) is 0 Å². The highest BCUT2D eigenvalue weighted by Gasteiger charge is 2.19. The van der Waals surface area contributed by atoms with Crippen molar-refractivity contribution in [1.29, 1.82) is 0 Å². The van der Waals surface area contributed by atoms with Gasteiger partial charge in [-0.3, -0.25) is 9.59 Å². The van der Waals surface area contributed by atoms with E-state index in [0.717, 1.165) is 19.3 Å². The minimum absolute atomic E-state index is 0.0499. The van der Waals surface area contributed by atoms with Gasteiger partial charge in [0.05, 0.1) is 7.11 Å². The van der Waals surface area contributed by atoms with Gasteiger partial charge in [-0.2, -0.15) is 0 Å². The number of benzene rings is 1. The Kier molecular flexibility index (Phi) is 7.20. The van der Waals surface area contributed by atoms with Crippen LogP contribution in [-0.4, -0.2) is 42.1 Å². The Morgan fingerprint density at radius 3 is 2.73 bits per heavy atom. The molecule has 7 nitrogen and oxygen atoms in total. The second kappa shape index (κ2) is 9.60. The van der Waals surface area contributed by atoms with E-state index in [1.165, 1.54) is 0 Å². The van der Waals surface area contributed by atoms with Gasteiger partial charge >= 0.3 is 0 Å². The number of aryl methyl sites for hydroxylation is 1. The van der Waals surface area contributed by atoms with Gasteiger partial charge in [0, 0.05) is 18.2 Å². The molecule has 1 N–H and O–H groups in total. The van der Waals surface area contributed by atoms with Crippen LogP contribution in [0, 0.1) is 6.92 Å². The third-order valence-corrected chi connectivity index (χ3v) is 3.87. The molecule has 0 atom stereocenters. The first-order valence-corrected chi connectivity index (χ1v) is 8.70. The molecule has 0 bridgehead atoms. The number of nitrogens with zero attached hydrogens (tertiary/aromatic N) is 2. The molecule has 0 unspecified atom stereocenters. The van der Waals surface area contributed by atoms with Crippen molar-refractivity contribution >= 4 is 17.6 Å². The zero-order valence-corrected chi connectivity index (χ0v) is 15.4. The molecule has 2 amide bonds. The SMILES string of the molecule is CCCCCN(CC(=O)Nc1cc(C)on1)C(=O)c1cccc(OC)c1. The molecule has 0 saturated carbocycles. The van der Waals surface area contributed by atoms with E-state index in [1.54, 1.807) is 49.3 Å². The largest absolute Gasteiger partial charge is 0.497 e. The Bertz CT molecular complexity index is 742.